The molecule has 5 nitrogen and oxygen atoms in total. The minimum Gasteiger partial charge on any atom is -0.328 e. The molecule has 0 radical (unpaired) electrons. The van der Waals surface area contributed by atoms with Gasteiger partial charge in [0, 0.05) is 24.9 Å². The number of thiazole rings is 1. The number of fused-ring (bicyclic) bond motifs is 1. The average molecular weight is 293 g/mol. The molecule has 3 aromatic rings. The predicted molar refractivity (Wildman–Crippen MR) is 79.1 cm³/mol. The average Bonchev–Trinajstić information content (AvgIpc) is 3.06. The van der Waals surface area contributed by atoms with E-state index in [0.717, 1.165) is 46.8 Å². The van der Waals surface area contributed by atoms with Crippen LogP contribution >= 0.6 is 23.6 Å². The van der Waals surface area contributed by atoms with Crippen molar-refractivity contribution in [3.05, 3.63) is 27.0 Å². The zero-order valence-corrected chi connectivity index (χ0v) is 12.5. The Morgan fingerprint density at radius 2 is 2.32 bits per heavy atom. The number of nitrogens with zero attached hydrogens (tertiary/aromatic N) is 4. The van der Waals surface area contributed by atoms with Crippen molar-refractivity contribution in [2.75, 3.05) is 0 Å². The molecule has 7 heteroatoms. The maximum atomic E-state index is 5.42. The lowest BCUT2D eigenvalue weighted by atomic mass is 10.3. The largest absolute Gasteiger partial charge is 0.328 e. The van der Waals surface area contributed by atoms with Crippen molar-refractivity contribution < 1.29 is 0 Å². The highest BCUT2D eigenvalue weighted by Crippen LogP contribution is 2.18. The van der Waals surface area contributed by atoms with Crippen LogP contribution in [0, 0.1) is 11.7 Å². The summed E-state index contributed by atoms with van der Waals surface area (Å²) in [6.45, 7) is 5.76. The molecule has 0 atom stereocenters. The summed E-state index contributed by atoms with van der Waals surface area (Å²) in [5, 5.41) is 6.60. The van der Waals surface area contributed by atoms with E-state index in [1.165, 1.54) is 0 Å². The molecule has 0 aromatic carbocycles. The highest BCUT2D eigenvalue weighted by Gasteiger charge is 2.13. The van der Waals surface area contributed by atoms with Gasteiger partial charge in [-0.1, -0.05) is 0 Å². The number of hydrogen-bond donors (Lipinski definition) is 1. The fraction of sp³-hybridized carbons (Fsp3) is 0.417. The van der Waals surface area contributed by atoms with E-state index < -0.39 is 0 Å². The van der Waals surface area contributed by atoms with Gasteiger partial charge in [-0.3, -0.25) is 0 Å². The minimum absolute atomic E-state index is 0.757. The third kappa shape index (κ3) is 2.12. The molecule has 0 fully saturated rings. The molecule has 0 saturated carbocycles. The van der Waals surface area contributed by atoms with Gasteiger partial charge in [-0.05, 0) is 26.1 Å². The Morgan fingerprint density at radius 1 is 1.47 bits per heavy atom. The van der Waals surface area contributed by atoms with Crippen LogP contribution in [0.1, 0.15) is 18.3 Å². The van der Waals surface area contributed by atoms with Crippen molar-refractivity contribution in [3.8, 4) is 0 Å². The second-order valence-corrected chi connectivity index (χ2v) is 5.52. The van der Waals surface area contributed by atoms with Crippen molar-refractivity contribution in [2.24, 2.45) is 0 Å². The van der Waals surface area contributed by atoms with E-state index >= 15 is 0 Å². The molecule has 3 heterocycles. The summed E-state index contributed by atoms with van der Waals surface area (Å²) < 4.78 is 4.87. The van der Waals surface area contributed by atoms with Crippen LogP contribution in [0.2, 0.25) is 0 Å². The van der Waals surface area contributed by atoms with Gasteiger partial charge in [-0.25, -0.2) is 9.67 Å². The van der Waals surface area contributed by atoms with Gasteiger partial charge in [0.25, 0.3) is 0 Å². The quantitative estimate of drug-likeness (QED) is 0.752. The fourth-order valence-corrected chi connectivity index (χ4v) is 3.15. The van der Waals surface area contributed by atoms with E-state index in [1.54, 1.807) is 11.3 Å². The Labute approximate surface area is 119 Å². The van der Waals surface area contributed by atoms with Crippen LogP contribution in [-0.4, -0.2) is 24.3 Å². The van der Waals surface area contributed by atoms with Crippen molar-refractivity contribution >= 4 is 34.7 Å². The summed E-state index contributed by atoms with van der Waals surface area (Å²) in [6.07, 6.45) is 0.888. The Kier molecular flexibility index (Phi) is 3.24. The highest BCUT2D eigenvalue weighted by atomic mass is 32.1. The Bertz CT molecular complexity index is 747. The number of nitrogens with one attached hydrogen (secondary N) is 1. The summed E-state index contributed by atoms with van der Waals surface area (Å²) in [5.41, 5.74) is 6.10. The van der Waals surface area contributed by atoms with Crippen LogP contribution < -0.4 is 0 Å². The molecular formula is C12H15N5S2. The minimum atomic E-state index is 0.757. The van der Waals surface area contributed by atoms with E-state index in [-0.39, 0.29) is 0 Å². The Balaban J connectivity index is 2.02. The first-order valence-corrected chi connectivity index (χ1v) is 7.58. The van der Waals surface area contributed by atoms with E-state index in [0.29, 0.717) is 0 Å². The van der Waals surface area contributed by atoms with Crippen molar-refractivity contribution in [1.82, 2.24) is 24.3 Å². The Morgan fingerprint density at radius 3 is 3.00 bits per heavy atom. The molecule has 19 heavy (non-hydrogen) atoms. The molecule has 0 unspecified atom stereocenters. The zero-order valence-electron chi connectivity index (χ0n) is 10.9. The van der Waals surface area contributed by atoms with E-state index in [2.05, 4.69) is 31.9 Å². The van der Waals surface area contributed by atoms with Crippen LogP contribution in [0.25, 0.3) is 11.2 Å². The number of aromatic amines is 1. The van der Waals surface area contributed by atoms with Gasteiger partial charge in [0.15, 0.2) is 10.4 Å². The number of imidazole rings is 1. The third-order valence-corrected chi connectivity index (χ3v) is 4.17. The molecule has 0 amide bonds. The summed E-state index contributed by atoms with van der Waals surface area (Å²) in [5.74, 6) is 0. The van der Waals surface area contributed by atoms with Gasteiger partial charge >= 0.3 is 0 Å². The predicted octanol–water partition coefficient (Wildman–Crippen LogP) is 2.92. The molecule has 0 spiro atoms. The van der Waals surface area contributed by atoms with Crippen LogP contribution in [0.5, 0.6) is 0 Å². The first-order chi connectivity index (χ1) is 9.20. The smallest absolute Gasteiger partial charge is 0.179 e. The monoisotopic (exact) mass is 293 g/mol. The standard InChI is InChI=1S/C12H15N5S2/c1-3-17-11-10(8(2)15-17)14-12(18)16(11)5-4-9-6-19-7-13-9/h6-7H,3-5H2,1-2H3,(H,14,18). The number of aromatic nitrogens is 5. The second kappa shape index (κ2) is 4.90. The maximum Gasteiger partial charge on any atom is 0.179 e. The van der Waals surface area contributed by atoms with E-state index in [4.69, 9.17) is 12.2 Å². The topological polar surface area (TPSA) is 51.4 Å². The van der Waals surface area contributed by atoms with Crippen LogP contribution in [0.4, 0.5) is 0 Å². The molecule has 3 rings (SSSR count). The lowest BCUT2D eigenvalue weighted by Gasteiger charge is -2.04. The van der Waals surface area contributed by atoms with Crippen LogP contribution in [-0.2, 0) is 19.5 Å². The number of rotatable bonds is 4. The van der Waals surface area contributed by atoms with Gasteiger partial charge in [0.1, 0.15) is 5.52 Å². The fourth-order valence-electron chi connectivity index (χ4n) is 2.28. The molecule has 3 aromatic heterocycles. The molecule has 100 valence electrons. The summed E-state index contributed by atoms with van der Waals surface area (Å²) >= 11 is 7.04. The Hall–Kier alpha value is -1.47. The molecule has 0 aliphatic carbocycles. The SMILES string of the molecule is CCn1nc(C)c2[nH]c(=S)n(CCc3cscn3)c21. The molecular weight excluding hydrogens is 278 g/mol. The van der Waals surface area contributed by atoms with Gasteiger partial charge in [-0.15, -0.1) is 11.3 Å². The van der Waals surface area contributed by atoms with Crippen molar-refractivity contribution in [3.63, 3.8) is 0 Å². The lowest BCUT2D eigenvalue weighted by molar-refractivity contribution is 0.621. The van der Waals surface area contributed by atoms with Crippen molar-refractivity contribution in [2.45, 2.75) is 33.4 Å². The molecule has 0 aliphatic heterocycles. The molecule has 0 saturated heterocycles. The lowest BCUT2D eigenvalue weighted by Crippen LogP contribution is -2.07. The first kappa shape index (κ1) is 12.6. The van der Waals surface area contributed by atoms with E-state index in [9.17, 15) is 0 Å². The molecule has 0 bridgehead atoms. The first-order valence-electron chi connectivity index (χ1n) is 6.23. The highest BCUT2D eigenvalue weighted by molar-refractivity contribution is 7.71. The number of aryl methyl sites for hydroxylation is 4. The molecule has 1 N–H and O–H groups in total. The van der Waals surface area contributed by atoms with Crippen LogP contribution in [0.15, 0.2) is 10.9 Å². The normalized spacial score (nSPS) is 11.5. The number of hydrogen-bond acceptors (Lipinski definition) is 4. The van der Waals surface area contributed by atoms with Crippen LogP contribution in [0.3, 0.4) is 0 Å². The summed E-state index contributed by atoms with van der Waals surface area (Å²) in [4.78, 5) is 7.57. The third-order valence-electron chi connectivity index (χ3n) is 3.21. The molecule has 0 aliphatic rings. The zero-order chi connectivity index (χ0) is 13.4. The van der Waals surface area contributed by atoms with Crippen molar-refractivity contribution in [1.29, 1.82) is 0 Å². The van der Waals surface area contributed by atoms with Gasteiger partial charge in [0.2, 0.25) is 0 Å². The summed E-state index contributed by atoms with van der Waals surface area (Å²) in [6, 6.07) is 0. The van der Waals surface area contributed by atoms with Gasteiger partial charge in [-0.2, -0.15) is 5.10 Å². The van der Waals surface area contributed by atoms with Gasteiger partial charge < -0.3 is 9.55 Å². The van der Waals surface area contributed by atoms with Gasteiger partial charge in [0.05, 0.1) is 16.9 Å². The second-order valence-electron chi connectivity index (χ2n) is 4.41. The number of H-pyrrole nitrogens is 1. The van der Waals surface area contributed by atoms with E-state index in [1.807, 2.05) is 17.1 Å². The summed E-state index contributed by atoms with van der Waals surface area (Å²) in [7, 11) is 0. The maximum absolute atomic E-state index is 5.42.